The quantitative estimate of drug-likeness (QED) is 0.490. The van der Waals surface area contributed by atoms with Gasteiger partial charge in [0.15, 0.2) is 0 Å². The zero-order chi connectivity index (χ0) is 24.2. The maximum Gasteiger partial charge on any atom is 0.265 e. The molecule has 4 aromatic rings. The third-order valence-corrected chi connectivity index (χ3v) is 8.04. The topological polar surface area (TPSA) is 77.1 Å². The summed E-state index contributed by atoms with van der Waals surface area (Å²) in [6.45, 7) is 6.35. The highest BCUT2D eigenvalue weighted by molar-refractivity contribution is 5.65. The Hall–Kier alpha value is -3.32. The Labute approximate surface area is 205 Å². The molecule has 1 saturated heterocycles. The Bertz CT molecular complexity index is 1460. The van der Waals surface area contributed by atoms with Crippen LogP contribution in [0.5, 0.6) is 0 Å². The number of aromatic nitrogens is 5. The Morgan fingerprint density at radius 3 is 2.77 bits per heavy atom. The Morgan fingerprint density at radius 2 is 2.06 bits per heavy atom. The van der Waals surface area contributed by atoms with Gasteiger partial charge in [0.1, 0.15) is 17.8 Å². The van der Waals surface area contributed by atoms with E-state index in [1.807, 2.05) is 30.8 Å². The molecule has 1 aliphatic carbocycles. The van der Waals surface area contributed by atoms with Crippen LogP contribution in [-0.4, -0.2) is 37.2 Å². The highest BCUT2D eigenvalue weighted by Crippen LogP contribution is 2.51. The fraction of sp³-hybridized carbons (Fsp3) is 0.429. The van der Waals surface area contributed by atoms with Gasteiger partial charge in [-0.25, -0.2) is 4.98 Å². The number of hydrogen-bond acceptors (Lipinski definition) is 5. The summed E-state index contributed by atoms with van der Waals surface area (Å²) in [5, 5.41) is 12.1. The van der Waals surface area contributed by atoms with E-state index < -0.39 is 0 Å². The van der Waals surface area contributed by atoms with Crippen LogP contribution in [0.15, 0.2) is 53.8 Å². The van der Waals surface area contributed by atoms with Crippen molar-refractivity contribution in [3.05, 3.63) is 81.9 Å². The first-order valence-corrected chi connectivity index (χ1v) is 12.6. The molecule has 3 aromatic heterocycles. The van der Waals surface area contributed by atoms with E-state index in [0.29, 0.717) is 17.4 Å². The van der Waals surface area contributed by atoms with Crippen LogP contribution in [0.1, 0.15) is 61.0 Å². The third-order valence-electron chi connectivity index (χ3n) is 8.04. The van der Waals surface area contributed by atoms with Gasteiger partial charge >= 0.3 is 0 Å². The number of fused-ring (bicyclic) bond motifs is 1. The largest absolute Gasteiger partial charge is 0.320 e. The lowest BCUT2D eigenvalue weighted by Gasteiger charge is -2.46. The molecule has 7 nitrogen and oxygen atoms in total. The fourth-order valence-corrected chi connectivity index (χ4v) is 6.32. The number of hydrogen-bond donors (Lipinski definition) is 1. The van der Waals surface area contributed by atoms with E-state index in [9.17, 15) is 4.79 Å². The molecule has 0 radical (unpaired) electrons. The predicted octanol–water partition coefficient (Wildman–Crippen LogP) is 3.98. The minimum atomic E-state index is -0.168. The number of pyridine rings is 1. The first kappa shape index (κ1) is 22.2. The molecule has 1 aromatic carbocycles. The summed E-state index contributed by atoms with van der Waals surface area (Å²) in [4.78, 5) is 18.5. The number of benzene rings is 1. The predicted molar refractivity (Wildman–Crippen MR) is 137 cm³/mol. The highest BCUT2D eigenvalue weighted by atomic mass is 16.1. The van der Waals surface area contributed by atoms with Crippen LogP contribution in [0.25, 0.3) is 16.8 Å². The van der Waals surface area contributed by atoms with Crippen LogP contribution in [0, 0.1) is 12.8 Å². The van der Waals surface area contributed by atoms with Crippen molar-refractivity contribution in [3.63, 3.8) is 0 Å². The van der Waals surface area contributed by atoms with E-state index in [2.05, 4.69) is 46.7 Å². The van der Waals surface area contributed by atoms with Crippen LogP contribution in [0.3, 0.4) is 0 Å². The van der Waals surface area contributed by atoms with Crippen molar-refractivity contribution in [1.82, 2.24) is 29.5 Å². The van der Waals surface area contributed by atoms with Gasteiger partial charge < -0.3 is 9.88 Å². The molecule has 1 N–H and O–H groups in total. The Kier molecular flexibility index (Phi) is 5.33. The molecule has 6 rings (SSSR count). The molecule has 1 aliphatic heterocycles. The standard InChI is InChI=1S/C28H32N6O/c1-18-12-28(13-18,27-32-31-17-33(27)3)23-8-4-6-20(11-23)24-15-30-25-19(2)10-22(16-34(25)26(24)35)21-7-5-9-29-14-21/h4,6,8,10-11,15-18,21,29H,5,7,9,12-14H2,1-3H3. The molecular formula is C28H32N6O. The normalized spacial score (nSPS) is 24.4. The SMILES string of the molecule is Cc1cc(C2CCCNC2)cn2c(=O)c(-c3cccc(C4(c5nncn5C)CC(C)C4)c3)cnc12. The smallest absolute Gasteiger partial charge is 0.265 e. The summed E-state index contributed by atoms with van der Waals surface area (Å²) in [6.07, 6.45) is 9.87. The van der Waals surface area contributed by atoms with Crippen LogP contribution < -0.4 is 10.9 Å². The average Bonchev–Trinajstić information content (AvgIpc) is 3.29. The summed E-state index contributed by atoms with van der Waals surface area (Å²) in [5.41, 5.74) is 5.50. The molecule has 2 fully saturated rings. The second-order valence-electron chi connectivity index (χ2n) is 10.6. The molecule has 7 heteroatoms. The van der Waals surface area contributed by atoms with Crippen molar-refractivity contribution in [2.75, 3.05) is 13.1 Å². The zero-order valence-electron chi connectivity index (χ0n) is 20.7. The first-order valence-electron chi connectivity index (χ1n) is 12.6. The summed E-state index contributed by atoms with van der Waals surface area (Å²) in [5.74, 6) is 2.04. The maximum absolute atomic E-state index is 13.8. The van der Waals surface area contributed by atoms with E-state index in [4.69, 9.17) is 4.98 Å². The lowest BCUT2D eigenvalue weighted by atomic mass is 9.58. The molecular weight excluding hydrogens is 436 g/mol. The number of nitrogens with zero attached hydrogens (tertiary/aromatic N) is 5. The van der Waals surface area contributed by atoms with E-state index in [1.165, 1.54) is 11.1 Å². The number of piperidine rings is 1. The average molecular weight is 469 g/mol. The number of nitrogens with one attached hydrogen (secondary N) is 1. The molecule has 0 amide bonds. The highest BCUT2D eigenvalue weighted by Gasteiger charge is 2.48. The monoisotopic (exact) mass is 468 g/mol. The van der Waals surface area contributed by atoms with Gasteiger partial charge in [-0.1, -0.05) is 31.2 Å². The molecule has 180 valence electrons. The first-order chi connectivity index (χ1) is 17.0. The van der Waals surface area contributed by atoms with Crippen LogP contribution >= 0.6 is 0 Å². The number of aryl methyl sites for hydroxylation is 2. The van der Waals surface area contributed by atoms with Gasteiger partial charge in [-0.15, -0.1) is 10.2 Å². The van der Waals surface area contributed by atoms with Crippen LogP contribution in [0.2, 0.25) is 0 Å². The van der Waals surface area contributed by atoms with Gasteiger partial charge in [-0.3, -0.25) is 9.20 Å². The minimum absolute atomic E-state index is 0.0180. The summed E-state index contributed by atoms with van der Waals surface area (Å²) >= 11 is 0. The molecule has 4 heterocycles. The minimum Gasteiger partial charge on any atom is -0.320 e. The van der Waals surface area contributed by atoms with E-state index in [1.54, 1.807) is 16.9 Å². The number of rotatable bonds is 4. The molecule has 1 atom stereocenters. The van der Waals surface area contributed by atoms with Gasteiger partial charge in [-0.05, 0) is 79.3 Å². The molecule has 2 aliphatic rings. The summed E-state index contributed by atoms with van der Waals surface area (Å²) in [6, 6.07) is 10.6. The Balaban J connectivity index is 1.45. The van der Waals surface area contributed by atoms with Crippen molar-refractivity contribution in [2.45, 2.75) is 50.9 Å². The molecule has 0 bridgehead atoms. The second-order valence-corrected chi connectivity index (χ2v) is 10.6. The molecule has 35 heavy (non-hydrogen) atoms. The molecule has 1 saturated carbocycles. The van der Waals surface area contributed by atoms with Gasteiger partial charge in [0.25, 0.3) is 5.56 Å². The van der Waals surface area contributed by atoms with Gasteiger partial charge in [-0.2, -0.15) is 0 Å². The summed E-state index contributed by atoms with van der Waals surface area (Å²) < 4.78 is 3.78. The lowest BCUT2D eigenvalue weighted by molar-refractivity contribution is 0.185. The van der Waals surface area contributed by atoms with Crippen molar-refractivity contribution in [2.24, 2.45) is 13.0 Å². The van der Waals surface area contributed by atoms with Crippen LogP contribution in [-0.2, 0) is 12.5 Å². The lowest BCUT2D eigenvalue weighted by Crippen LogP contribution is -2.43. The van der Waals surface area contributed by atoms with Crippen molar-refractivity contribution < 1.29 is 0 Å². The van der Waals surface area contributed by atoms with E-state index >= 15 is 0 Å². The molecule has 1 unspecified atom stereocenters. The fourth-order valence-electron chi connectivity index (χ4n) is 6.32. The second kappa shape index (κ2) is 8.41. The third kappa shape index (κ3) is 3.60. The van der Waals surface area contributed by atoms with Crippen molar-refractivity contribution in [3.8, 4) is 11.1 Å². The Morgan fingerprint density at radius 1 is 1.20 bits per heavy atom. The van der Waals surface area contributed by atoms with E-state index in [-0.39, 0.29) is 11.0 Å². The molecule has 0 spiro atoms. The summed E-state index contributed by atoms with van der Waals surface area (Å²) in [7, 11) is 2.01. The maximum atomic E-state index is 13.8. The van der Waals surface area contributed by atoms with Gasteiger partial charge in [0, 0.05) is 26.0 Å². The van der Waals surface area contributed by atoms with Crippen LogP contribution in [0.4, 0.5) is 0 Å². The van der Waals surface area contributed by atoms with E-state index in [0.717, 1.165) is 61.4 Å². The van der Waals surface area contributed by atoms with Crippen molar-refractivity contribution in [1.29, 1.82) is 0 Å². The van der Waals surface area contributed by atoms with Crippen molar-refractivity contribution >= 4 is 5.65 Å². The zero-order valence-corrected chi connectivity index (χ0v) is 20.7. The van der Waals surface area contributed by atoms with Gasteiger partial charge in [0.2, 0.25) is 0 Å². The van der Waals surface area contributed by atoms with Gasteiger partial charge in [0.05, 0.1) is 11.0 Å².